The molecule has 3 rings (SSSR count). The van der Waals surface area contributed by atoms with Gasteiger partial charge in [-0.3, -0.25) is 9.59 Å². The summed E-state index contributed by atoms with van der Waals surface area (Å²) in [5.74, 6) is -0.694. The zero-order valence-electron chi connectivity index (χ0n) is 15.1. The first-order valence-corrected chi connectivity index (χ1v) is 9.39. The van der Waals surface area contributed by atoms with Gasteiger partial charge in [-0.25, -0.2) is 0 Å². The Morgan fingerprint density at radius 1 is 0.857 bits per heavy atom. The molecule has 0 spiro atoms. The van der Waals surface area contributed by atoms with Gasteiger partial charge in [0.25, 0.3) is 11.8 Å². The fourth-order valence-electron chi connectivity index (χ4n) is 2.75. The Balaban J connectivity index is 1.75. The van der Waals surface area contributed by atoms with Crippen LogP contribution in [-0.4, -0.2) is 11.8 Å². The summed E-state index contributed by atoms with van der Waals surface area (Å²) in [5, 5.41) is 6.31. The highest BCUT2D eigenvalue weighted by molar-refractivity contribution is 6.37. The molecule has 0 atom stereocenters. The van der Waals surface area contributed by atoms with Crippen LogP contribution < -0.4 is 10.6 Å². The minimum Gasteiger partial charge on any atom is -0.348 e. The molecule has 0 bridgehead atoms. The van der Waals surface area contributed by atoms with Crippen LogP contribution in [0.3, 0.4) is 0 Å². The van der Waals surface area contributed by atoms with Gasteiger partial charge in [-0.1, -0.05) is 65.2 Å². The van der Waals surface area contributed by atoms with Gasteiger partial charge in [0.15, 0.2) is 0 Å². The molecule has 0 aliphatic heterocycles. The third-order valence-electron chi connectivity index (χ3n) is 4.13. The predicted octanol–water partition coefficient (Wildman–Crippen LogP) is 5.48. The van der Waals surface area contributed by atoms with Crippen LogP contribution in [0.5, 0.6) is 0 Å². The molecule has 0 unspecified atom stereocenters. The highest BCUT2D eigenvalue weighted by Gasteiger charge is 2.16. The molecule has 0 saturated carbocycles. The highest BCUT2D eigenvalue weighted by Crippen LogP contribution is 2.23. The molecule has 6 heteroatoms. The van der Waals surface area contributed by atoms with E-state index in [1.807, 2.05) is 31.2 Å². The minimum atomic E-state index is -0.416. The quantitative estimate of drug-likeness (QED) is 0.582. The van der Waals surface area contributed by atoms with Gasteiger partial charge in [-0.05, 0) is 42.8 Å². The third-order valence-corrected chi connectivity index (χ3v) is 4.68. The lowest BCUT2D eigenvalue weighted by molar-refractivity contribution is 0.0952. The van der Waals surface area contributed by atoms with Gasteiger partial charge < -0.3 is 10.6 Å². The van der Waals surface area contributed by atoms with E-state index in [0.717, 1.165) is 11.1 Å². The molecule has 0 fully saturated rings. The summed E-state index contributed by atoms with van der Waals surface area (Å²) in [6.45, 7) is 2.39. The average molecular weight is 413 g/mol. The molecule has 0 aromatic heterocycles. The topological polar surface area (TPSA) is 58.2 Å². The van der Waals surface area contributed by atoms with E-state index in [9.17, 15) is 9.59 Å². The van der Waals surface area contributed by atoms with Gasteiger partial charge in [-0.2, -0.15) is 0 Å². The van der Waals surface area contributed by atoms with Crippen molar-refractivity contribution in [2.45, 2.75) is 13.5 Å². The van der Waals surface area contributed by atoms with E-state index in [1.54, 1.807) is 36.4 Å². The summed E-state index contributed by atoms with van der Waals surface area (Å²) in [7, 11) is 0. The summed E-state index contributed by atoms with van der Waals surface area (Å²) in [6, 6.07) is 19.3. The van der Waals surface area contributed by atoms with Gasteiger partial charge >= 0.3 is 0 Å². The van der Waals surface area contributed by atoms with Crippen LogP contribution in [-0.2, 0) is 6.54 Å². The maximum Gasteiger partial charge on any atom is 0.257 e. The van der Waals surface area contributed by atoms with Crippen molar-refractivity contribution in [1.82, 2.24) is 5.32 Å². The molecule has 2 N–H and O–H groups in total. The van der Waals surface area contributed by atoms with E-state index in [4.69, 9.17) is 23.2 Å². The molecular weight excluding hydrogens is 395 g/mol. The molecule has 0 radical (unpaired) electrons. The number of carbonyl (C=O) groups excluding carboxylic acids is 2. The minimum absolute atomic E-state index is 0.242. The molecular formula is C22H18Cl2N2O2. The third kappa shape index (κ3) is 4.91. The van der Waals surface area contributed by atoms with Crippen molar-refractivity contribution in [3.63, 3.8) is 0 Å². The smallest absolute Gasteiger partial charge is 0.257 e. The summed E-state index contributed by atoms with van der Waals surface area (Å²) in [6.07, 6.45) is 0. The number of hydrogen-bond acceptors (Lipinski definition) is 2. The summed E-state index contributed by atoms with van der Waals surface area (Å²) in [4.78, 5) is 25.2. The number of aryl methyl sites for hydroxylation is 1. The Hall–Kier alpha value is -2.82. The fraction of sp³-hybridized carbons (Fsp3) is 0.0909. The molecule has 0 saturated heterocycles. The number of nitrogens with one attached hydrogen (secondary N) is 2. The van der Waals surface area contributed by atoms with Crippen LogP contribution in [0.1, 0.15) is 31.8 Å². The molecule has 3 aromatic rings. The number of rotatable bonds is 5. The van der Waals surface area contributed by atoms with E-state index < -0.39 is 5.91 Å². The highest BCUT2D eigenvalue weighted by atomic mass is 35.5. The fourth-order valence-corrected chi connectivity index (χ4v) is 3.25. The Labute approximate surface area is 173 Å². The van der Waals surface area contributed by atoms with Gasteiger partial charge in [-0.15, -0.1) is 0 Å². The summed E-state index contributed by atoms with van der Waals surface area (Å²) in [5.41, 5.74) is 3.18. The number of hydrogen-bond donors (Lipinski definition) is 2. The zero-order valence-corrected chi connectivity index (χ0v) is 16.6. The molecule has 2 amide bonds. The molecule has 3 aromatic carbocycles. The van der Waals surface area contributed by atoms with E-state index in [0.29, 0.717) is 22.8 Å². The monoisotopic (exact) mass is 412 g/mol. The number of halogens is 2. The largest absolute Gasteiger partial charge is 0.348 e. The second-order valence-corrected chi connectivity index (χ2v) is 7.14. The van der Waals surface area contributed by atoms with Crippen LogP contribution in [0.25, 0.3) is 0 Å². The average Bonchev–Trinajstić information content (AvgIpc) is 2.66. The van der Waals surface area contributed by atoms with Crippen LogP contribution in [0.15, 0.2) is 66.7 Å². The Morgan fingerprint density at radius 2 is 1.64 bits per heavy atom. The van der Waals surface area contributed by atoms with Crippen molar-refractivity contribution < 1.29 is 9.59 Å². The first kappa shape index (κ1) is 19.9. The molecule has 0 heterocycles. The Kier molecular flexibility index (Phi) is 6.34. The van der Waals surface area contributed by atoms with E-state index in [2.05, 4.69) is 10.6 Å². The number of anilines is 1. The lowest BCUT2D eigenvalue weighted by Gasteiger charge is -2.12. The molecule has 4 nitrogen and oxygen atoms in total. The van der Waals surface area contributed by atoms with E-state index in [1.165, 1.54) is 6.07 Å². The van der Waals surface area contributed by atoms with Crippen LogP contribution >= 0.6 is 23.2 Å². The van der Waals surface area contributed by atoms with Crippen LogP contribution in [0, 0.1) is 6.92 Å². The van der Waals surface area contributed by atoms with Crippen molar-refractivity contribution in [3.05, 3.63) is 99.0 Å². The van der Waals surface area contributed by atoms with Crippen molar-refractivity contribution in [3.8, 4) is 0 Å². The number of carbonyl (C=O) groups is 2. The summed E-state index contributed by atoms with van der Waals surface area (Å²) < 4.78 is 0. The van der Waals surface area contributed by atoms with Crippen LogP contribution in [0.4, 0.5) is 5.69 Å². The number of para-hydroxylation sites is 1. The van der Waals surface area contributed by atoms with Gasteiger partial charge in [0.1, 0.15) is 0 Å². The van der Waals surface area contributed by atoms with E-state index in [-0.39, 0.29) is 16.5 Å². The molecule has 142 valence electrons. The normalized spacial score (nSPS) is 10.4. The second-order valence-electron chi connectivity index (χ2n) is 6.30. The zero-order chi connectivity index (χ0) is 20.1. The molecule has 28 heavy (non-hydrogen) atoms. The molecule has 0 aliphatic carbocycles. The van der Waals surface area contributed by atoms with Gasteiger partial charge in [0, 0.05) is 11.6 Å². The Bertz CT molecular complexity index is 1030. The van der Waals surface area contributed by atoms with Gasteiger partial charge in [0.2, 0.25) is 0 Å². The lowest BCUT2D eigenvalue weighted by atomic mass is 10.1. The first-order valence-electron chi connectivity index (χ1n) is 8.63. The SMILES string of the molecule is Cc1cccc(CNC(=O)c2ccccc2NC(=O)c2ccc(Cl)cc2Cl)c1. The Morgan fingerprint density at radius 3 is 2.39 bits per heavy atom. The standard InChI is InChI=1S/C22H18Cl2N2O2/c1-14-5-4-6-15(11-14)13-25-21(27)18-7-2-3-8-20(18)26-22(28)17-10-9-16(23)12-19(17)24/h2-12H,13H2,1H3,(H,25,27)(H,26,28). The second kappa shape index (κ2) is 8.91. The maximum absolute atomic E-state index is 12.6. The first-order chi connectivity index (χ1) is 13.4. The summed E-state index contributed by atoms with van der Waals surface area (Å²) >= 11 is 12.0. The number of benzene rings is 3. The van der Waals surface area contributed by atoms with Crippen molar-refractivity contribution >= 4 is 40.7 Å². The van der Waals surface area contributed by atoms with Crippen molar-refractivity contribution in [2.75, 3.05) is 5.32 Å². The molecule has 0 aliphatic rings. The van der Waals surface area contributed by atoms with E-state index >= 15 is 0 Å². The van der Waals surface area contributed by atoms with Gasteiger partial charge in [0.05, 0.1) is 21.8 Å². The van der Waals surface area contributed by atoms with Crippen molar-refractivity contribution in [1.29, 1.82) is 0 Å². The van der Waals surface area contributed by atoms with Crippen molar-refractivity contribution in [2.24, 2.45) is 0 Å². The van der Waals surface area contributed by atoms with Crippen LogP contribution in [0.2, 0.25) is 10.0 Å². The predicted molar refractivity (Wildman–Crippen MR) is 113 cm³/mol. The maximum atomic E-state index is 12.6. The lowest BCUT2D eigenvalue weighted by Crippen LogP contribution is -2.25. The number of amides is 2.